The number of aryl methyl sites for hydroxylation is 2. The number of ketones is 1. The lowest BCUT2D eigenvalue weighted by molar-refractivity contribution is -0.114. The van der Waals surface area contributed by atoms with E-state index in [0.29, 0.717) is 12.2 Å². The molecule has 2 heterocycles. The van der Waals surface area contributed by atoms with Crippen molar-refractivity contribution in [1.82, 2.24) is 5.16 Å². The molecule has 1 aliphatic rings. The molecule has 0 saturated heterocycles. The molecule has 1 aliphatic heterocycles. The third kappa shape index (κ3) is 4.39. The van der Waals surface area contributed by atoms with Crippen LogP contribution in [0.5, 0.6) is 0 Å². The van der Waals surface area contributed by atoms with E-state index in [2.05, 4.69) is 76.0 Å². The number of aromatic nitrogens is 1. The average Bonchev–Trinajstić information content (AvgIpc) is 3.43. The summed E-state index contributed by atoms with van der Waals surface area (Å²) in [6.45, 7) is 5.48. The first-order valence-electron chi connectivity index (χ1n) is 10.8. The van der Waals surface area contributed by atoms with Crippen molar-refractivity contribution in [1.29, 1.82) is 0 Å². The van der Waals surface area contributed by atoms with E-state index in [0.717, 1.165) is 50.0 Å². The van der Waals surface area contributed by atoms with Crippen molar-refractivity contribution in [3.63, 3.8) is 0 Å². The molecule has 0 amide bonds. The Hall–Kier alpha value is -3.51. The third-order valence-electron chi connectivity index (χ3n) is 5.71. The van der Waals surface area contributed by atoms with Crippen LogP contribution in [-0.2, 0) is 4.79 Å². The molecule has 3 aromatic carbocycles. The first kappa shape index (κ1) is 21.3. The van der Waals surface area contributed by atoms with Crippen LogP contribution in [0.2, 0.25) is 0 Å². The van der Waals surface area contributed by atoms with Crippen LogP contribution < -0.4 is 0 Å². The number of hydrogen-bond acceptors (Lipinski definition) is 6. The summed E-state index contributed by atoms with van der Waals surface area (Å²) in [4.78, 5) is 11.4. The van der Waals surface area contributed by atoms with Gasteiger partial charge < -0.3 is 4.52 Å². The first-order chi connectivity index (χ1) is 16.0. The maximum absolute atomic E-state index is 11.4. The quantitative estimate of drug-likeness (QED) is 0.341. The Morgan fingerprint density at radius 3 is 2.42 bits per heavy atom. The fourth-order valence-corrected chi connectivity index (χ4v) is 4.83. The van der Waals surface area contributed by atoms with Gasteiger partial charge in [0.25, 0.3) is 0 Å². The van der Waals surface area contributed by atoms with Crippen LogP contribution in [-0.4, -0.2) is 27.4 Å². The van der Waals surface area contributed by atoms with Crippen molar-refractivity contribution in [3.05, 3.63) is 77.7 Å². The summed E-state index contributed by atoms with van der Waals surface area (Å²) in [7, 11) is 0. The molecular weight excluding hydrogens is 430 g/mol. The Bertz CT molecular complexity index is 1430. The standard InChI is InChI=1S/C27H23N3O2S/c1-16(31)15-33-26-14-25(28-29-26)23-11-22(12-24(13-23)27-17(2)30-32-18(27)3)21-9-8-19-6-4-5-7-20(19)10-21/h4-13H,14-15H2,1-3H3. The van der Waals surface area contributed by atoms with Gasteiger partial charge in [-0.2, -0.15) is 5.10 Å². The van der Waals surface area contributed by atoms with Gasteiger partial charge in [-0.25, -0.2) is 0 Å². The van der Waals surface area contributed by atoms with Crippen molar-refractivity contribution in [3.8, 4) is 22.3 Å². The van der Waals surface area contributed by atoms with Crippen LogP contribution in [0.15, 0.2) is 75.4 Å². The lowest BCUT2D eigenvalue weighted by Crippen LogP contribution is -2.05. The molecule has 4 aromatic rings. The van der Waals surface area contributed by atoms with Crippen LogP contribution in [0, 0.1) is 13.8 Å². The molecule has 33 heavy (non-hydrogen) atoms. The molecule has 0 saturated carbocycles. The highest BCUT2D eigenvalue weighted by atomic mass is 32.2. The zero-order valence-corrected chi connectivity index (χ0v) is 19.6. The van der Waals surface area contributed by atoms with Crippen LogP contribution in [0.25, 0.3) is 33.0 Å². The van der Waals surface area contributed by atoms with Gasteiger partial charge in [-0.1, -0.05) is 41.6 Å². The molecule has 6 heteroatoms. The van der Waals surface area contributed by atoms with E-state index in [1.165, 1.54) is 22.5 Å². The third-order valence-corrected chi connectivity index (χ3v) is 6.82. The van der Waals surface area contributed by atoms with Gasteiger partial charge in [0.15, 0.2) is 0 Å². The fraction of sp³-hybridized carbons (Fsp3) is 0.185. The number of benzene rings is 3. The van der Waals surface area contributed by atoms with Gasteiger partial charge in [0, 0.05) is 12.0 Å². The molecule has 5 rings (SSSR count). The predicted molar refractivity (Wildman–Crippen MR) is 136 cm³/mol. The van der Waals surface area contributed by atoms with Crippen molar-refractivity contribution in [2.24, 2.45) is 10.2 Å². The molecule has 0 unspecified atom stereocenters. The second-order valence-electron chi connectivity index (χ2n) is 8.27. The number of hydrogen-bond donors (Lipinski definition) is 0. The molecule has 0 spiro atoms. The summed E-state index contributed by atoms with van der Waals surface area (Å²) in [5.74, 6) is 1.34. The van der Waals surface area contributed by atoms with Gasteiger partial charge in [-0.05, 0) is 78.1 Å². The molecule has 0 fully saturated rings. The molecule has 0 bridgehead atoms. The highest BCUT2D eigenvalue weighted by Crippen LogP contribution is 2.34. The zero-order chi connectivity index (χ0) is 22.9. The summed E-state index contributed by atoms with van der Waals surface area (Å²) in [5, 5.41) is 16.2. The van der Waals surface area contributed by atoms with Gasteiger partial charge >= 0.3 is 0 Å². The SMILES string of the molecule is CC(=O)CSC1=NN=C(c2cc(-c3ccc4ccccc4c3)cc(-c3c(C)noc3C)c2)C1. The van der Waals surface area contributed by atoms with Gasteiger partial charge in [-0.15, -0.1) is 16.9 Å². The van der Waals surface area contributed by atoms with Crippen molar-refractivity contribution in [2.45, 2.75) is 27.2 Å². The maximum atomic E-state index is 11.4. The number of rotatable bonds is 5. The number of carbonyl (C=O) groups excluding carboxylic acids is 1. The van der Waals surface area contributed by atoms with E-state index in [-0.39, 0.29) is 5.78 Å². The minimum absolute atomic E-state index is 0.134. The topological polar surface area (TPSA) is 67.8 Å². The number of fused-ring (bicyclic) bond motifs is 1. The zero-order valence-electron chi connectivity index (χ0n) is 18.8. The largest absolute Gasteiger partial charge is 0.361 e. The average molecular weight is 454 g/mol. The van der Waals surface area contributed by atoms with Crippen LogP contribution >= 0.6 is 11.8 Å². The Labute approximate surface area is 196 Å². The van der Waals surface area contributed by atoms with E-state index < -0.39 is 0 Å². The Morgan fingerprint density at radius 2 is 1.67 bits per heavy atom. The molecule has 164 valence electrons. The lowest BCUT2D eigenvalue weighted by atomic mass is 9.92. The summed E-state index contributed by atoms with van der Waals surface area (Å²) in [5.41, 5.74) is 7.05. The summed E-state index contributed by atoms with van der Waals surface area (Å²) in [6, 6.07) is 21.4. The number of nitrogens with zero attached hydrogens (tertiary/aromatic N) is 3. The molecule has 0 N–H and O–H groups in total. The van der Waals surface area contributed by atoms with E-state index >= 15 is 0 Å². The molecule has 0 aliphatic carbocycles. The van der Waals surface area contributed by atoms with Crippen LogP contribution in [0.1, 0.15) is 30.4 Å². The van der Waals surface area contributed by atoms with E-state index in [4.69, 9.17) is 4.52 Å². The van der Waals surface area contributed by atoms with Gasteiger partial charge in [-0.3, -0.25) is 4.79 Å². The fourth-order valence-electron chi connectivity index (χ4n) is 4.12. The second-order valence-corrected chi connectivity index (χ2v) is 9.32. The molecule has 5 nitrogen and oxygen atoms in total. The smallest absolute Gasteiger partial charge is 0.141 e. The van der Waals surface area contributed by atoms with Crippen molar-refractivity contribution in [2.75, 3.05) is 5.75 Å². The monoisotopic (exact) mass is 453 g/mol. The normalized spacial score (nSPS) is 13.3. The summed E-state index contributed by atoms with van der Waals surface area (Å²) < 4.78 is 5.45. The van der Waals surface area contributed by atoms with Gasteiger partial charge in [0.1, 0.15) is 16.6 Å². The van der Waals surface area contributed by atoms with Gasteiger partial charge in [0.05, 0.1) is 17.2 Å². The Kier molecular flexibility index (Phi) is 5.68. The summed E-state index contributed by atoms with van der Waals surface area (Å²) in [6.07, 6.45) is 0.625. The Balaban J connectivity index is 1.58. The van der Waals surface area contributed by atoms with E-state index in [1.807, 2.05) is 13.8 Å². The summed E-state index contributed by atoms with van der Waals surface area (Å²) >= 11 is 1.46. The Morgan fingerprint density at radius 1 is 0.909 bits per heavy atom. The number of thioether (sulfide) groups is 1. The number of carbonyl (C=O) groups is 1. The highest BCUT2D eigenvalue weighted by molar-refractivity contribution is 8.14. The molecular formula is C27H23N3O2S. The minimum Gasteiger partial charge on any atom is -0.361 e. The van der Waals surface area contributed by atoms with Crippen molar-refractivity contribution >= 4 is 39.1 Å². The number of Topliss-reactive ketones (excluding diaryl/α,β-unsaturated/α-hetero) is 1. The highest BCUT2D eigenvalue weighted by Gasteiger charge is 2.19. The maximum Gasteiger partial charge on any atom is 0.141 e. The van der Waals surface area contributed by atoms with Crippen molar-refractivity contribution < 1.29 is 9.32 Å². The molecule has 0 atom stereocenters. The lowest BCUT2D eigenvalue weighted by Gasteiger charge is -2.11. The molecule has 1 aromatic heterocycles. The predicted octanol–water partition coefficient (Wildman–Crippen LogP) is 6.61. The van der Waals surface area contributed by atoms with Gasteiger partial charge in [0.2, 0.25) is 0 Å². The van der Waals surface area contributed by atoms with E-state index in [1.54, 1.807) is 6.92 Å². The van der Waals surface area contributed by atoms with Crippen LogP contribution in [0.4, 0.5) is 0 Å². The minimum atomic E-state index is 0.134. The van der Waals surface area contributed by atoms with Crippen LogP contribution in [0.3, 0.4) is 0 Å². The van der Waals surface area contributed by atoms with E-state index in [9.17, 15) is 4.79 Å². The molecule has 0 radical (unpaired) electrons. The first-order valence-corrected chi connectivity index (χ1v) is 11.8. The second kappa shape index (κ2) is 8.79.